The topological polar surface area (TPSA) is 29.3 Å². The van der Waals surface area contributed by atoms with Crippen molar-refractivity contribution in [3.05, 3.63) is 33.8 Å². The van der Waals surface area contributed by atoms with E-state index in [0.717, 1.165) is 5.56 Å². The molecule has 21 heavy (non-hydrogen) atoms. The summed E-state index contributed by atoms with van der Waals surface area (Å²) in [5.41, 5.74) is 7.67. The predicted molar refractivity (Wildman–Crippen MR) is 92.1 cm³/mol. The van der Waals surface area contributed by atoms with Crippen LogP contribution in [0.2, 0.25) is 10.0 Å². The molecule has 1 aliphatic carbocycles. The molecule has 2 N–H and O–H groups in total. The van der Waals surface area contributed by atoms with Crippen molar-refractivity contribution in [3.8, 4) is 0 Å². The predicted octanol–water partition coefficient (Wildman–Crippen LogP) is 4.89. The summed E-state index contributed by atoms with van der Waals surface area (Å²) in [4.78, 5) is 2.43. The van der Waals surface area contributed by atoms with Crippen LogP contribution < -0.4 is 5.73 Å². The van der Waals surface area contributed by atoms with Crippen LogP contribution in [0.4, 0.5) is 0 Å². The Morgan fingerprint density at radius 1 is 1.24 bits per heavy atom. The number of likely N-dealkylation sites (N-methyl/N-ethyl adjacent to an activating group) is 1. The molecule has 1 fully saturated rings. The van der Waals surface area contributed by atoms with Gasteiger partial charge in [-0.25, -0.2) is 0 Å². The molecule has 0 aromatic heterocycles. The summed E-state index contributed by atoms with van der Waals surface area (Å²) in [6.07, 6.45) is 5.03. The van der Waals surface area contributed by atoms with E-state index in [0.29, 0.717) is 28.0 Å². The average Bonchev–Trinajstić information content (AvgIpc) is 2.43. The van der Waals surface area contributed by atoms with Crippen LogP contribution in [0.15, 0.2) is 18.2 Å². The van der Waals surface area contributed by atoms with Gasteiger partial charge in [0.1, 0.15) is 0 Å². The Hall–Kier alpha value is -0.280. The van der Waals surface area contributed by atoms with Gasteiger partial charge in [0.2, 0.25) is 0 Å². The Kier molecular flexibility index (Phi) is 5.59. The molecule has 0 bridgehead atoms. The fourth-order valence-corrected chi connectivity index (χ4v) is 3.61. The van der Waals surface area contributed by atoms with E-state index in [4.69, 9.17) is 28.9 Å². The molecule has 0 spiro atoms. The zero-order chi connectivity index (χ0) is 15.6. The molecule has 1 aliphatic rings. The van der Waals surface area contributed by atoms with Gasteiger partial charge in [-0.05, 0) is 55.8 Å². The Morgan fingerprint density at radius 3 is 2.38 bits per heavy atom. The highest BCUT2D eigenvalue weighted by atomic mass is 35.5. The Bertz CT molecular complexity index is 478. The van der Waals surface area contributed by atoms with E-state index in [9.17, 15) is 0 Å². The van der Waals surface area contributed by atoms with Crippen molar-refractivity contribution < 1.29 is 0 Å². The van der Waals surface area contributed by atoms with Gasteiger partial charge in [0.25, 0.3) is 0 Å². The van der Waals surface area contributed by atoms with Crippen molar-refractivity contribution >= 4 is 23.2 Å². The van der Waals surface area contributed by atoms with Crippen molar-refractivity contribution in [1.29, 1.82) is 0 Å². The van der Waals surface area contributed by atoms with Crippen LogP contribution in [0.3, 0.4) is 0 Å². The third-order valence-electron chi connectivity index (χ3n) is 4.93. The molecule has 1 aromatic rings. The van der Waals surface area contributed by atoms with Crippen molar-refractivity contribution in [1.82, 2.24) is 4.90 Å². The molecule has 1 aromatic carbocycles. The second kappa shape index (κ2) is 6.87. The van der Waals surface area contributed by atoms with Gasteiger partial charge in [-0.15, -0.1) is 0 Å². The molecule has 4 heteroatoms. The molecule has 2 nitrogen and oxygen atoms in total. The van der Waals surface area contributed by atoms with Crippen LogP contribution >= 0.6 is 23.2 Å². The molecular formula is C17H26Cl2N2. The quantitative estimate of drug-likeness (QED) is 0.852. The third-order valence-corrected chi connectivity index (χ3v) is 5.67. The van der Waals surface area contributed by atoms with Gasteiger partial charge in [-0.2, -0.15) is 0 Å². The highest BCUT2D eigenvalue weighted by molar-refractivity contribution is 6.42. The Labute approximate surface area is 138 Å². The number of nitrogens with two attached hydrogens (primary N) is 1. The third kappa shape index (κ3) is 4.13. The van der Waals surface area contributed by atoms with E-state index in [-0.39, 0.29) is 6.04 Å². The van der Waals surface area contributed by atoms with E-state index >= 15 is 0 Å². The molecule has 0 heterocycles. The molecule has 0 radical (unpaired) electrons. The lowest BCUT2D eigenvalue weighted by molar-refractivity contribution is 0.0966. The minimum atomic E-state index is 0.200. The molecule has 118 valence electrons. The largest absolute Gasteiger partial charge is 0.329 e. The van der Waals surface area contributed by atoms with Gasteiger partial charge in [-0.1, -0.05) is 43.1 Å². The monoisotopic (exact) mass is 328 g/mol. The number of hydrogen-bond acceptors (Lipinski definition) is 2. The number of halogens is 2. The van der Waals surface area contributed by atoms with E-state index in [1.54, 1.807) is 0 Å². The maximum Gasteiger partial charge on any atom is 0.0595 e. The van der Waals surface area contributed by atoms with E-state index in [1.165, 1.54) is 25.7 Å². The van der Waals surface area contributed by atoms with Crippen molar-refractivity contribution in [2.45, 2.75) is 51.6 Å². The first-order valence-electron chi connectivity index (χ1n) is 7.71. The summed E-state index contributed by atoms with van der Waals surface area (Å²) in [6, 6.07) is 6.64. The van der Waals surface area contributed by atoms with Crippen LogP contribution in [-0.4, -0.2) is 24.5 Å². The molecule has 1 atom stereocenters. The van der Waals surface area contributed by atoms with Crippen molar-refractivity contribution in [2.24, 2.45) is 11.1 Å². The fraction of sp³-hybridized carbons (Fsp3) is 0.647. The number of rotatable bonds is 4. The van der Waals surface area contributed by atoms with Crippen LogP contribution in [0.1, 0.15) is 51.1 Å². The standard InChI is InChI=1S/C17H26Cl2N2/c1-17(2)8-6-13(7-9-17)21(3)16(11-20)12-4-5-14(18)15(19)10-12/h4-5,10,13,16H,6-9,11,20H2,1-3H3. The lowest BCUT2D eigenvalue weighted by Gasteiger charge is -2.41. The lowest BCUT2D eigenvalue weighted by Crippen LogP contribution is -2.41. The van der Waals surface area contributed by atoms with Crippen molar-refractivity contribution in [3.63, 3.8) is 0 Å². The first-order valence-corrected chi connectivity index (χ1v) is 8.46. The minimum absolute atomic E-state index is 0.200. The summed E-state index contributed by atoms with van der Waals surface area (Å²) in [5, 5.41) is 1.20. The summed E-state index contributed by atoms with van der Waals surface area (Å²) >= 11 is 12.2. The normalized spacial score (nSPS) is 20.7. The fourth-order valence-electron chi connectivity index (χ4n) is 3.30. The van der Waals surface area contributed by atoms with E-state index in [1.807, 2.05) is 18.2 Å². The van der Waals surface area contributed by atoms with E-state index in [2.05, 4.69) is 25.8 Å². The molecule has 2 rings (SSSR count). The number of benzene rings is 1. The summed E-state index contributed by atoms with van der Waals surface area (Å²) in [7, 11) is 2.18. The zero-order valence-electron chi connectivity index (χ0n) is 13.2. The second-order valence-corrected chi connectivity index (χ2v) is 7.80. The zero-order valence-corrected chi connectivity index (χ0v) is 14.7. The molecule has 0 saturated heterocycles. The van der Waals surface area contributed by atoms with Gasteiger partial charge in [0.05, 0.1) is 10.0 Å². The highest BCUT2D eigenvalue weighted by Crippen LogP contribution is 2.38. The van der Waals surface area contributed by atoms with Gasteiger partial charge in [0, 0.05) is 18.6 Å². The number of nitrogens with zero attached hydrogens (tertiary/aromatic N) is 1. The summed E-state index contributed by atoms with van der Waals surface area (Å²) in [6.45, 7) is 5.32. The molecule has 1 saturated carbocycles. The first kappa shape index (κ1) is 17.1. The highest BCUT2D eigenvalue weighted by Gasteiger charge is 2.31. The summed E-state index contributed by atoms with van der Waals surface area (Å²) in [5.74, 6) is 0. The molecule has 1 unspecified atom stereocenters. The van der Waals surface area contributed by atoms with Crippen LogP contribution in [-0.2, 0) is 0 Å². The molecule has 0 aliphatic heterocycles. The van der Waals surface area contributed by atoms with Gasteiger partial charge in [-0.3, -0.25) is 4.90 Å². The smallest absolute Gasteiger partial charge is 0.0595 e. The SMILES string of the molecule is CN(C1CCC(C)(C)CC1)C(CN)c1ccc(Cl)c(Cl)c1. The van der Waals surface area contributed by atoms with Gasteiger partial charge < -0.3 is 5.73 Å². The molecule has 0 amide bonds. The average molecular weight is 329 g/mol. The summed E-state index contributed by atoms with van der Waals surface area (Å²) < 4.78 is 0. The Morgan fingerprint density at radius 2 is 1.86 bits per heavy atom. The minimum Gasteiger partial charge on any atom is -0.329 e. The Balaban J connectivity index is 2.11. The van der Waals surface area contributed by atoms with Crippen LogP contribution in [0.5, 0.6) is 0 Å². The second-order valence-electron chi connectivity index (χ2n) is 6.99. The lowest BCUT2D eigenvalue weighted by atomic mass is 9.75. The maximum atomic E-state index is 6.15. The van der Waals surface area contributed by atoms with E-state index < -0.39 is 0 Å². The van der Waals surface area contributed by atoms with Crippen LogP contribution in [0.25, 0.3) is 0 Å². The molecular weight excluding hydrogens is 303 g/mol. The van der Waals surface area contributed by atoms with Crippen molar-refractivity contribution in [2.75, 3.05) is 13.6 Å². The van der Waals surface area contributed by atoms with Gasteiger partial charge in [0.15, 0.2) is 0 Å². The van der Waals surface area contributed by atoms with Crippen LogP contribution in [0, 0.1) is 5.41 Å². The number of hydrogen-bond donors (Lipinski definition) is 1. The first-order chi connectivity index (χ1) is 9.84. The van der Waals surface area contributed by atoms with Gasteiger partial charge >= 0.3 is 0 Å². The maximum absolute atomic E-state index is 6.15.